The molecule has 0 saturated heterocycles. The van der Waals surface area contributed by atoms with Crippen LogP contribution in [0.2, 0.25) is 0 Å². The number of aromatic nitrogens is 5. The molecule has 3 rings (SSSR count). The SMILES string of the molecule is CN(CC(C)(C)c1nn[nH]n1)C(=O)c1cncc2c1CCC2. The van der Waals surface area contributed by atoms with Crippen LogP contribution < -0.4 is 0 Å². The van der Waals surface area contributed by atoms with Crippen LogP contribution in [0.15, 0.2) is 12.4 Å². The average molecular weight is 300 g/mol. The Morgan fingerprint density at radius 1 is 1.36 bits per heavy atom. The van der Waals surface area contributed by atoms with Gasteiger partial charge in [0.15, 0.2) is 5.82 Å². The summed E-state index contributed by atoms with van der Waals surface area (Å²) in [6.45, 7) is 4.50. The number of carbonyl (C=O) groups excluding carboxylic acids is 1. The molecule has 1 aliphatic carbocycles. The number of nitrogens with zero attached hydrogens (tertiary/aromatic N) is 5. The van der Waals surface area contributed by atoms with Crippen molar-refractivity contribution in [1.82, 2.24) is 30.5 Å². The summed E-state index contributed by atoms with van der Waals surface area (Å²) in [5, 5.41) is 14.1. The monoisotopic (exact) mass is 300 g/mol. The molecule has 1 amide bonds. The molecule has 0 spiro atoms. The summed E-state index contributed by atoms with van der Waals surface area (Å²) >= 11 is 0. The summed E-state index contributed by atoms with van der Waals surface area (Å²) < 4.78 is 0. The number of pyridine rings is 1. The molecule has 116 valence electrons. The summed E-state index contributed by atoms with van der Waals surface area (Å²) in [5.74, 6) is 0.603. The maximum absolute atomic E-state index is 12.8. The molecule has 0 saturated carbocycles. The predicted octanol–water partition coefficient (Wildman–Crippen LogP) is 1.13. The summed E-state index contributed by atoms with van der Waals surface area (Å²) in [6, 6.07) is 0. The fraction of sp³-hybridized carbons (Fsp3) is 0.533. The van der Waals surface area contributed by atoms with Crippen molar-refractivity contribution in [3.63, 3.8) is 0 Å². The summed E-state index contributed by atoms with van der Waals surface area (Å²) in [6.07, 6.45) is 6.63. The minimum atomic E-state index is -0.372. The second-order valence-electron chi connectivity index (χ2n) is 6.46. The minimum Gasteiger partial charge on any atom is -0.341 e. The molecule has 2 aromatic rings. The number of tetrazole rings is 1. The lowest BCUT2D eigenvalue weighted by Crippen LogP contribution is -2.39. The molecule has 0 bridgehead atoms. The fourth-order valence-corrected chi connectivity index (χ4v) is 3.07. The highest BCUT2D eigenvalue weighted by Gasteiger charge is 2.30. The summed E-state index contributed by atoms with van der Waals surface area (Å²) in [4.78, 5) is 18.7. The Labute approximate surface area is 129 Å². The smallest absolute Gasteiger partial charge is 0.255 e. The van der Waals surface area contributed by atoms with E-state index in [-0.39, 0.29) is 11.3 Å². The van der Waals surface area contributed by atoms with Crippen LogP contribution in [0, 0.1) is 0 Å². The first kappa shape index (κ1) is 14.6. The zero-order chi connectivity index (χ0) is 15.7. The van der Waals surface area contributed by atoms with Crippen LogP contribution in [0.3, 0.4) is 0 Å². The van der Waals surface area contributed by atoms with Gasteiger partial charge in [-0.15, -0.1) is 10.2 Å². The normalized spacial score (nSPS) is 14.0. The highest BCUT2D eigenvalue weighted by Crippen LogP contribution is 2.26. The van der Waals surface area contributed by atoms with E-state index < -0.39 is 0 Å². The minimum absolute atomic E-state index is 0.00261. The van der Waals surface area contributed by atoms with Gasteiger partial charge in [-0.05, 0) is 30.4 Å². The van der Waals surface area contributed by atoms with Crippen molar-refractivity contribution in [3.05, 3.63) is 34.9 Å². The van der Waals surface area contributed by atoms with Crippen molar-refractivity contribution >= 4 is 5.91 Å². The summed E-state index contributed by atoms with van der Waals surface area (Å²) in [5.41, 5.74) is 2.71. The Hall–Kier alpha value is -2.31. The second kappa shape index (κ2) is 5.47. The maximum atomic E-state index is 12.8. The molecule has 0 aliphatic heterocycles. The maximum Gasteiger partial charge on any atom is 0.255 e. The van der Waals surface area contributed by atoms with Crippen molar-refractivity contribution in [2.24, 2.45) is 0 Å². The predicted molar refractivity (Wildman–Crippen MR) is 80.4 cm³/mol. The van der Waals surface area contributed by atoms with E-state index in [9.17, 15) is 4.79 Å². The van der Waals surface area contributed by atoms with Crippen LogP contribution >= 0.6 is 0 Å². The number of carbonyl (C=O) groups is 1. The van der Waals surface area contributed by atoms with E-state index >= 15 is 0 Å². The van der Waals surface area contributed by atoms with Crippen molar-refractivity contribution in [1.29, 1.82) is 0 Å². The quantitative estimate of drug-likeness (QED) is 0.914. The van der Waals surface area contributed by atoms with Crippen molar-refractivity contribution in [2.75, 3.05) is 13.6 Å². The van der Waals surface area contributed by atoms with Gasteiger partial charge >= 0.3 is 0 Å². The van der Waals surface area contributed by atoms with Gasteiger partial charge in [0.2, 0.25) is 0 Å². The van der Waals surface area contributed by atoms with Gasteiger partial charge < -0.3 is 4.90 Å². The number of hydrogen-bond donors (Lipinski definition) is 1. The molecule has 1 aliphatic rings. The first-order chi connectivity index (χ1) is 10.5. The van der Waals surface area contributed by atoms with E-state index in [4.69, 9.17) is 0 Å². The van der Waals surface area contributed by atoms with Crippen LogP contribution in [0.4, 0.5) is 0 Å². The number of H-pyrrole nitrogens is 1. The van der Waals surface area contributed by atoms with E-state index in [1.807, 2.05) is 20.0 Å². The lowest BCUT2D eigenvalue weighted by molar-refractivity contribution is 0.0764. The fourth-order valence-electron chi connectivity index (χ4n) is 3.07. The molecule has 0 aromatic carbocycles. The van der Waals surface area contributed by atoms with E-state index in [2.05, 4.69) is 25.6 Å². The molecule has 1 N–H and O–H groups in total. The Morgan fingerprint density at radius 3 is 2.91 bits per heavy atom. The zero-order valence-electron chi connectivity index (χ0n) is 13.1. The van der Waals surface area contributed by atoms with Crippen molar-refractivity contribution in [3.8, 4) is 0 Å². The van der Waals surface area contributed by atoms with Crippen molar-refractivity contribution < 1.29 is 4.79 Å². The number of rotatable bonds is 4. The van der Waals surface area contributed by atoms with E-state index in [0.29, 0.717) is 12.4 Å². The Bertz CT molecular complexity index is 679. The van der Waals surface area contributed by atoms with Gasteiger partial charge in [0.1, 0.15) is 0 Å². The van der Waals surface area contributed by atoms with E-state index in [1.165, 1.54) is 5.56 Å². The molecule has 22 heavy (non-hydrogen) atoms. The largest absolute Gasteiger partial charge is 0.341 e. The first-order valence-corrected chi connectivity index (χ1v) is 7.44. The topological polar surface area (TPSA) is 87.7 Å². The standard InChI is InChI=1S/C15H20N6O/c1-15(2,14-17-19-20-18-14)9-21(3)13(22)12-8-16-7-10-5-4-6-11(10)12/h7-8H,4-6,9H2,1-3H3,(H,17,18,19,20). The number of hydrogen-bond acceptors (Lipinski definition) is 5. The highest BCUT2D eigenvalue weighted by molar-refractivity contribution is 5.95. The molecule has 7 heteroatoms. The molecule has 0 radical (unpaired) electrons. The Morgan fingerprint density at radius 2 is 2.18 bits per heavy atom. The van der Waals surface area contributed by atoms with Crippen LogP contribution in [-0.2, 0) is 18.3 Å². The van der Waals surface area contributed by atoms with Crippen molar-refractivity contribution in [2.45, 2.75) is 38.5 Å². The number of aryl methyl sites for hydroxylation is 1. The van der Waals surface area contributed by atoms with E-state index in [1.54, 1.807) is 18.1 Å². The molecule has 0 fully saturated rings. The lowest BCUT2D eigenvalue weighted by atomic mass is 9.91. The third kappa shape index (κ3) is 2.58. The van der Waals surface area contributed by atoms with Crippen LogP contribution in [0.1, 0.15) is 47.6 Å². The molecule has 2 aromatic heterocycles. The van der Waals surface area contributed by atoms with Crippen LogP contribution in [0.5, 0.6) is 0 Å². The molecule has 0 atom stereocenters. The molecule has 2 heterocycles. The van der Waals surface area contributed by atoms with Gasteiger partial charge in [-0.3, -0.25) is 9.78 Å². The molecular formula is C15H20N6O. The lowest BCUT2D eigenvalue weighted by Gasteiger charge is -2.28. The third-order valence-corrected chi connectivity index (χ3v) is 4.18. The third-order valence-electron chi connectivity index (χ3n) is 4.18. The molecule has 7 nitrogen and oxygen atoms in total. The van der Waals surface area contributed by atoms with Gasteiger partial charge in [0, 0.05) is 31.4 Å². The van der Waals surface area contributed by atoms with Gasteiger partial charge in [-0.25, -0.2) is 0 Å². The summed E-state index contributed by atoms with van der Waals surface area (Å²) in [7, 11) is 1.80. The Kier molecular flexibility index (Phi) is 3.64. The number of likely N-dealkylation sites (N-methyl/N-ethyl adjacent to an activating group) is 1. The number of amides is 1. The highest BCUT2D eigenvalue weighted by atomic mass is 16.2. The zero-order valence-corrected chi connectivity index (χ0v) is 13.1. The van der Waals surface area contributed by atoms with Gasteiger partial charge in [0.25, 0.3) is 5.91 Å². The molecular weight excluding hydrogens is 280 g/mol. The van der Waals surface area contributed by atoms with Gasteiger partial charge in [-0.1, -0.05) is 19.1 Å². The second-order valence-corrected chi connectivity index (χ2v) is 6.46. The van der Waals surface area contributed by atoms with E-state index in [0.717, 1.165) is 30.4 Å². The number of fused-ring (bicyclic) bond motifs is 1. The van der Waals surface area contributed by atoms with Gasteiger partial charge in [-0.2, -0.15) is 5.21 Å². The molecule has 0 unspecified atom stereocenters. The van der Waals surface area contributed by atoms with Crippen LogP contribution in [0.25, 0.3) is 0 Å². The van der Waals surface area contributed by atoms with Crippen LogP contribution in [-0.4, -0.2) is 50.0 Å². The first-order valence-electron chi connectivity index (χ1n) is 7.44. The average Bonchev–Trinajstić information content (AvgIpc) is 3.16. The Balaban J connectivity index is 1.80. The number of nitrogens with one attached hydrogen (secondary N) is 1. The van der Waals surface area contributed by atoms with Gasteiger partial charge in [0.05, 0.1) is 5.56 Å². The number of aromatic amines is 1.